The first-order valence-corrected chi connectivity index (χ1v) is 7.02. The van der Waals surface area contributed by atoms with E-state index in [0.717, 1.165) is 31.0 Å². The van der Waals surface area contributed by atoms with Gasteiger partial charge in [0.15, 0.2) is 0 Å². The van der Waals surface area contributed by atoms with E-state index in [9.17, 15) is 22.7 Å². The molecule has 2 aliphatic heterocycles. The zero-order chi connectivity index (χ0) is 15.4. The van der Waals surface area contributed by atoms with Crippen molar-refractivity contribution < 1.29 is 22.7 Å². The van der Waals surface area contributed by atoms with Crippen LogP contribution in [0.4, 0.5) is 17.6 Å². The summed E-state index contributed by atoms with van der Waals surface area (Å²) in [7, 11) is 1.93. The summed E-state index contributed by atoms with van der Waals surface area (Å²) in [5.74, 6) is -0.752. The van der Waals surface area contributed by atoms with Crippen LogP contribution in [0.2, 0.25) is 0 Å². The van der Waals surface area contributed by atoms with Crippen LogP contribution in [0.25, 0.3) is 0 Å². The Bertz CT molecular complexity index is 543. The Morgan fingerprint density at radius 2 is 1.76 bits per heavy atom. The van der Waals surface area contributed by atoms with Crippen molar-refractivity contribution in [1.82, 2.24) is 4.90 Å². The third-order valence-electron chi connectivity index (χ3n) is 4.92. The van der Waals surface area contributed by atoms with Crippen molar-refractivity contribution in [2.45, 2.75) is 49.5 Å². The molecule has 21 heavy (non-hydrogen) atoms. The van der Waals surface area contributed by atoms with Crippen LogP contribution >= 0.6 is 0 Å². The predicted molar refractivity (Wildman–Crippen MR) is 69.1 cm³/mol. The number of hydrogen-bond donors (Lipinski definition) is 1. The van der Waals surface area contributed by atoms with E-state index in [2.05, 4.69) is 4.90 Å². The van der Waals surface area contributed by atoms with Gasteiger partial charge in [-0.3, -0.25) is 0 Å². The minimum Gasteiger partial charge on any atom is -0.385 e. The van der Waals surface area contributed by atoms with Crippen molar-refractivity contribution in [2.24, 2.45) is 0 Å². The summed E-state index contributed by atoms with van der Waals surface area (Å²) in [6.07, 6.45) is -2.44. The maximum Gasteiger partial charge on any atom is 0.416 e. The second-order valence-corrected chi connectivity index (χ2v) is 6.18. The van der Waals surface area contributed by atoms with Crippen molar-refractivity contribution in [2.75, 3.05) is 7.05 Å². The van der Waals surface area contributed by atoms with Gasteiger partial charge in [0.1, 0.15) is 5.82 Å². The minimum atomic E-state index is -4.60. The van der Waals surface area contributed by atoms with Gasteiger partial charge < -0.3 is 10.0 Å². The highest BCUT2D eigenvalue weighted by molar-refractivity contribution is 5.36. The topological polar surface area (TPSA) is 23.5 Å². The monoisotopic (exact) mass is 303 g/mol. The van der Waals surface area contributed by atoms with E-state index in [-0.39, 0.29) is 30.5 Å². The number of fused-ring (bicyclic) bond motifs is 2. The van der Waals surface area contributed by atoms with Crippen molar-refractivity contribution in [3.8, 4) is 0 Å². The average molecular weight is 303 g/mol. The summed E-state index contributed by atoms with van der Waals surface area (Å²) in [6.45, 7) is 0. The molecule has 0 saturated carbocycles. The summed E-state index contributed by atoms with van der Waals surface area (Å²) < 4.78 is 52.9. The average Bonchev–Trinajstić information content (AvgIpc) is 2.61. The summed E-state index contributed by atoms with van der Waals surface area (Å²) in [6, 6.07) is 2.46. The van der Waals surface area contributed by atoms with Crippen LogP contribution in [0.3, 0.4) is 0 Å². The van der Waals surface area contributed by atoms with Gasteiger partial charge in [-0.15, -0.1) is 0 Å². The molecule has 2 bridgehead atoms. The largest absolute Gasteiger partial charge is 0.416 e. The van der Waals surface area contributed by atoms with E-state index in [0.29, 0.717) is 0 Å². The van der Waals surface area contributed by atoms with Crippen molar-refractivity contribution >= 4 is 0 Å². The number of hydrogen-bond acceptors (Lipinski definition) is 2. The molecule has 1 aromatic rings. The molecule has 0 aromatic heterocycles. The number of rotatable bonds is 1. The van der Waals surface area contributed by atoms with E-state index in [1.54, 1.807) is 0 Å². The quantitative estimate of drug-likeness (QED) is 0.805. The van der Waals surface area contributed by atoms with Crippen LogP contribution in [0.1, 0.15) is 36.8 Å². The molecule has 2 fully saturated rings. The third-order valence-corrected chi connectivity index (χ3v) is 4.92. The fourth-order valence-corrected chi connectivity index (χ4v) is 3.81. The summed E-state index contributed by atoms with van der Waals surface area (Å²) in [5.41, 5.74) is -2.86. The lowest BCUT2D eigenvalue weighted by atomic mass is 9.78. The normalized spacial score (nSPS) is 33.4. The van der Waals surface area contributed by atoms with Crippen LogP contribution in [0.5, 0.6) is 0 Å². The molecular formula is C15H17F4NO. The third kappa shape index (κ3) is 2.44. The van der Waals surface area contributed by atoms with Gasteiger partial charge in [0.2, 0.25) is 0 Å². The maximum absolute atomic E-state index is 13.5. The number of alkyl halides is 3. The van der Waals surface area contributed by atoms with Gasteiger partial charge in [-0.2, -0.15) is 13.2 Å². The molecule has 0 aliphatic carbocycles. The first-order chi connectivity index (χ1) is 9.71. The molecule has 2 saturated heterocycles. The molecule has 116 valence electrons. The van der Waals surface area contributed by atoms with Gasteiger partial charge in [0, 0.05) is 12.1 Å². The Morgan fingerprint density at radius 3 is 2.29 bits per heavy atom. The molecule has 0 radical (unpaired) electrons. The Morgan fingerprint density at radius 1 is 1.19 bits per heavy atom. The highest BCUT2D eigenvalue weighted by atomic mass is 19.4. The molecule has 2 heterocycles. The van der Waals surface area contributed by atoms with Gasteiger partial charge >= 0.3 is 6.18 Å². The van der Waals surface area contributed by atoms with Crippen LogP contribution in [-0.2, 0) is 11.8 Å². The number of piperidine rings is 1. The first-order valence-electron chi connectivity index (χ1n) is 7.02. The van der Waals surface area contributed by atoms with E-state index in [1.165, 1.54) is 0 Å². The molecule has 6 heteroatoms. The number of aliphatic hydroxyl groups is 1. The van der Waals surface area contributed by atoms with Crippen LogP contribution in [0.15, 0.2) is 18.2 Å². The van der Waals surface area contributed by atoms with Crippen molar-refractivity contribution in [3.63, 3.8) is 0 Å². The lowest BCUT2D eigenvalue weighted by molar-refractivity contribution is -0.142. The maximum atomic E-state index is 13.5. The van der Waals surface area contributed by atoms with Gasteiger partial charge in [-0.25, -0.2) is 4.39 Å². The Kier molecular flexibility index (Phi) is 3.29. The van der Waals surface area contributed by atoms with E-state index >= 15 is 0 Å². The van der Waals surface area contributed by atoms with Crippen molar-refractivity contribution in [1.29, 1.82) is 0 Å². The molecule has 2 aliphatic rings. The smallest absolute Gasteiger partial charge is 0.385 e. The molecule has 1 N–H and O–H groups in total. The zero-order valence-electron chi connectivity index (χ0n) is 11.6. The van der Waals surface area contributed by atoms with Gasteiger partial charge in [0.25, 0.3) is 0 Å². The Labute approximate surface area is 120 Å². The standard InChI is InChI=1S/C15H17F4NO/c1-20-10-3-4-11(20)8-14(21,7-10)13-6-9(16)2-5-12(13)15(17,18)19/h2,5-6,10-11,21H,3-4,7-8H2,1H3. The Hall–Kier alpha value is -1.14. The molecule has 0 amide bonds. The van der Waals surface area contributed by atoms with Crippen LogP contribution in [0, 0.1) is 5.82 Å². The minimum absolute atomic E-state index is 0.0538. The molecular weight excluding hydrogens is 286 g/mol. The summed E-state index contributed by atoms with van der Waals surface area (Å²) in [5, 5.41) is 10.8. The highest BCUT2D eigenvalue weighted by Crippen LogP contribution is 2.48. The van der Waals surface area contributed by atoms with E-state index in [4.69, 9.17) is 0 Å². The lowest BCUT2D eigenvalue weighted by Crippen LogP contribution is -2.48. The second-order valence-electron chi connectivity index (χ2n) is 6.18. The highest BCUT2D eigenvalue weighted by Gasteiger charge is 2.49. The number of benzene rings is 1. The SMILES string of the molecule is CN1C2CCC1CC(O)(c1cc(F)ccc1C(F)(F)F)C2. The fraction of sp³-hybridized carbons (Fsp3) is 0.600. The number of halogens is 4. The van der Waals surface area contributed by atoms with Crippen molar-refractivity contribution in [3.05, 3.63) is 35.1 Å². The molecule has 2 nitrogen and oxygen atoms in total. The van der Waals surface area contributed by atoms with Gasteiger partial charge in [0.05, 0.1) is 11.2 Å². The molecule has 3 rings (SSSR count). The molecule has 2 atom stereocenters. The van der Waals surface area contributed by atoms with Crippen LogP contribution in [-0.4, -0.2) is 29.1 Å². The molecule has 2 unspecified atom stereocenters. The second kappa shape index (κ2) is 4.68. The Balaban J connectivity index is 2.06. The zero-order valence-corrected chi connectivity index (χ0v) is 11.6. The van der Waals surface area contributed by atoms with E-state index < -0.39 is 23.2 Å². The number of nitrogens with zero attached hydrogens (tertiary/aromatic N) is 1. The first kappa shape index (κ1) is 14.8. The van der Waals surface area contributed by atoms with Gasteiger partial charge in [-0.1, -0.05) is 0 Å². The lowest BCUT2D eigenvalue weighted by Gasteiger charge is -2.43. The van der Waals surface area contributed by atoms with E-state index in [1.807, 2.05) is 7.05 Å². The summed E-state index contributed by atoms with van der Waals surface area (Å²) in [4.78, 5) is 2.11. The molecule has 1 aromatic carbocycles. The van der Waals surface area contributed by atoms with Gasteiger partial charge in [-0.05, 0) is 56.5 Å². The van der Waals surface area contributed by atoms with Crippen LogP contribution < -0.4 is 0 Å². The fourth-order valence-electron chi connectivity index (χ4n) is 3.81. The summed E-state index contributed by atoms with van der Waals surface area (Å²) >= 11 is 0. The molecule has 0 spiro atoms. The predicted octanol–water partition coefficient (Wildman–Crippen LogP) is 3.29.